The smallest absolute Gasteiger partial charge is 0.148 e. The van der Waals surface area contributed by atoms with E-state index in [2.05, 4.69) is 20.7 Å². The number of anilines is 2. The van der Waals surface area contributed by atoms with Gasteiger partial charge in [0.05, 0.1) is 6.04 Å². The first-order chi connectivity index (χ1) is 9.11. The summed E-state index contributed by atoms with van der Waals surface area (Å²) < 4.78 is 0. The Morgan fingerprint density at radius 1 is 1.26 bits per heavy atom. The molecule has 0 saturated carbocycles. The number of hydrogen-bond acceptors (Lipinski definition) is 5. The number of nitrogens with one attached hydrogen (secondary N) is 2. The largest absolute Gasteiger partial charge is 0.363 e. The Morgan fingerprint density at radius 3 is 2.68 bits per heavy atom. The van der Waals surface area contributed by atoms with E-state index in [0.29, 0.717) is 5.82 Å². The minimum absolute atomic E-state index is 0.0814. The normalized spacial score (nSPS) is 12.0. The molecule has 19 heavy (non-hydrogen) atoms. The van der Waals surface area contributed by atoms with Gasteiger partial charge in [0.15, 0.2) is 0 Å². The van der Waals surface area contributed by atoms with E-state index in [4.69, 9.17) is 17.4 Å². The van der Waals surface area contributed by atoms with E-state index in [1.165, 1.54) is 6.33 Å². The summed E-state index contributed by atoms with van der Waals surface area (Å²) in [5.74, 6) is 6.75. The molecule has 1 aromatic carbocycles. The summed E-state index contributed by atoms with van der Waals surface area (Å²) in [6.07, 6.45) is 1.47. The van der Waals surface area contributed by atoms with Crippen molar-refractivity contribution >= 4 is 23.2 Å². The molecule has 0 aliphatic rings. The van der Waals surface area contributed by atoms with Crippen LogP contribution in [0.3, 0.4) is 0 Å². The maximum Gasteiger partial charge on any atom is 0.148 e. The third-order valence-electron chi connectivity index (χ3n) is 2.92. The molecule has 0 amide bonds. The zero-order chi connectivity index (χ0) is 13.8. The number of rotatable bonds is 4. The summed E-state index contributed by atoms with van der Waals surface area (Å²) in [6, 6.07) is 7.80. The number of nitrogens with two attached hydrogens (primary N) is 1. The number of benzene rings is 1. The standard InChI is InChI=1S/C13H16ClN5/c1-8-12(16-7-17-13(8)19-15)18-9(2)10-4-3-5-11(14)6-10/h3-7,9H,15H2,1-2H3,(H2,16,17,18,19). The number of hydrazine groups is 1. The predicted molar refractivity (Wildman–Crippen MR) is 78.1 cm³/mol. The molecule has 0 aliphatic heterocycles. The predicted octanol–water partition coefficient (Wildman–Crippen LogP) is 2.90. The SMILES string of the molecule is Cc1c(NN)ncnc1NC(C)c1cccc(Cl)c1. The zero-order valence-electron chi connectivity index (χ0n) is 10.8. The van der Waals surface area contributed by atoms with E-state index in [1.807, 2.05) is 38.1 Å². The summed E-state index contributed by atoms with van der Waals surface area (Å²) in [7, 11) is 0. The first-order valence-electron chi connectivity index (χ1n) is 5.92. The van der Waals surface area contributed by atoms with Gasteiger partial charge < -0.3 is 10.7 Å². The molecule has 0 bridgehead atoms. The second-order valence-electron chi connectivity index (χ2n) is 4.26. The van der Waals surface area contributed by atoms with Gasteiger partial charge in [-0.1, -0.05) is 23.7 Å². The minimum atomic E-state index is 0.0814. The Balaban J connectivity index is 2.21. The molecule has 0 radical (unpaired) electrons. The van der Waals surface area contributed by atoms with Crippen LogP contribution >= 0.6 is 11.6 Å². The van der Waals surface area contributed by atoms with Gasteiger partial charge in [-0.15, -0.1) is 0 Å². The summed E-state index contributed by atoms with van der Waals surface area (Å²) >= 11 is 5.99. The number of nitrogen functional groups attached to an aromatic ring is 1. The molecule has 1 heterocycles. The quantitative estimate of drug-likeness (QED) is 0.592. The zero-order valence-corrected chi connectivity index (χ0v) is 11.6. The maximum absolute atomic E-state index is 5.99. The van der Waals surface area contributed by atoms with Crippen molar-refractivity contribution in [3.63, 3.8) is 0 Å². The second-order valence-corrected chi connectivity index (χ2v) is 4.70. The Labute approximate surface area is 117 Å². The van der Waals surface area contributed by atoms with Crippen LogP contribution in [-0.4, -0.2) is 9.97 Å². The molecule has 6 heteroatoms. The van der Waals surface area contributed by atoms with E-state index in [1.54, 1.807) is 0 Å². The fraction of sp³-hybridized carbons (Fsp3) is 0.231. The van der Waals surface area contributed by atoms with Crippen molar-refractivity contribution in [2.24, 2.45) is 5.84 Å². The van der Waals surface area contributed by atoms with E-state index in [0.717, 1.165) is 22.0 Å². The molecule has 1 unspecified atom stereocenters. The highest BCUT2D eigenvalue weighted by Gasteiger charge is 2.10. The van der Waals surface area contributed by atoms with Crippen molar-refractivity contribution in [2.75, 3.05) is 10.7 Å². The molecular formula is C13H16ClN5. The molecule has 100 valence electrons. The van der Waals surface area contributed by atoms with Gasteiger partial charge in [-0.2, -0.15) is 0 Å². The fourth-order valence-corrected chi connectivity index (χ4v) is 2.00. The van der Waals surface area contributed by atoms with Crippen molar-refractivity contribution in [3.05, 3.63) is 46.7 Å². The van der Waals surface area contributed by atoms with Crippen molar-refractivity contribution in [1.82, 2.24) is 9.97 Å². The molecular weight excluding hydrogens is 262 g/mol. The molecule has 0 aliphatic carbocycles. The second kappa shape index (κ2) is 5.86. The van der Waals surface area contributed by atoms with Crippen LogP contribution < -0.4 is 16.6 Å². The van der Waals surface area contributed by atoms with Crippen molar-refractivity contribution in [1.29, 1.82) is 0 Å². The Morgan fingerprint density at radius 2 is 2.00 bits per heavy atom. The van der Waals surface area contributed by atoms with Gasteiger partial charge in [-0.3, -0.25) is 0 Å². The summed E-state index contributed by atoms with van der Waals surface area (Å²) in [5, 5.41) is 4.04. The molecule has 0 spiro atoms. The Hall–Kier alpha value is -1.85. The van der Waals surface area contributed by atoms with Gasteiger partial charge in [-0.25, -0.2) is 15.8 Å². The van der Waals surface area contributed by atoms with Gasteiger partial charge >= 0.3 is 0 Å². The lowest BCUT2D eigenvalue weighted by Crippen LogP contribution is -2.14. The highest BCUT2D eigenvalue weighted by Crippen LogP contribution is 2.24. The summed E-state index contributed by atoms with van der Waals surface area (Å²) in [6.45, 7) is 3.95. The molecule has 1 atom stereocenters. The first-order valence-corrected chi connectivity index (χ1v) is 6.30. The fourth-order valence-electron chi connectivity index (χ4n) is 1.81. The van der Waals surface area contributed by atoms with Crippen LogP contribution in [0, 0.1) is 6.92 Å². The third kappa shape index (κ3) is 3.13. The van der Waals surface area contributed by atoms with Crippen LogP contribution in [0.4, 0.5) is 11.6 Å². The molecule has 2 rings (SSSR count). The lowest BCUT2D eigenvalue weighted by Gasteiger charge is -2.17. The van der Waals surface area contributed by atoms with Crippen molar-refractivity contribution < 1.29 is 0 Å². The maximum atomic E-state index is 5.99. The van der Waals surface area contributed by atoms with Gasteiger partial charge in [0.2, 0.25) is 0 Å². The molecule has 4 N–H and O–H groups in total. The molecule has 1 aromatic heterocycles. The number of nitrogens with zero attached hydrogens (tertiary/aromatic N) is 2. The highest BCUT2D eigenvalue weighted by atomic mass is 35.5. The van der Waals surface area contributed by atoms with Crippen LogP contribution in [0.25, 0.3) is 0 Å². The monoisotopic (exact) mass is 277 g/mol. The van der Waals surface area contributed by atoms with Crippen molar-refractivity contribution in [3.8, 4) is 0 Å². The highest BCUT2D eigenvalue weighted by molar-refractivity contribution is 6.30. The molecule has 0 saturated heterocycles. The molecule has 0 fully saturated rings. The third-order valence-corrected chi connectivity index (χ3v) is 3.16. The number of hydrogen-bond donors (Lipinski definition) is 3. The van der Waals surface area contributed by atoms with Crippen LogP contribution in [0.5, 0.6) is 0 Å². The van der Waals surface area contributed by atoms with E-state index in [-0.39, 0.29) is 6.04 Å². The van der Waals surface area contributed by atoms with Crippen LogP contribution in [-0.2, 0) is 0 Å². The van der Waals surface area contributed by atoms with Gasteiger partial charge in [-0.05, 0) is 31.5 Å². The van der Waals surface area contributed by atoms with Crippen LogP contribution in [0.2, 0.25) is 5.02 Å². The minimum Gasteiger partial charge on any atom is -0.363 e. The topological polar surface area (TPSA) is 75.9 Å². The Kier molecular flexibility index (Phi) is 4.19. The molecule has 5 nitrogen and oxygen atoms in total. The van der Waals surface area contributed by atoms with Crippen molar-refractivity contribution in [2.45, 2.75) is 19.9 Å². The first kappa shape index (κ1) is 13.6. The number of halogens is 1. The summed E-state index contributed by atoms with van der Waals surface area (Å²) in [5.41, 5.74) is 4.51. The average Bonchev–Trinajstić information content (AvgIpc) is 2.41. The van der Waals surface area contributed by atoms with Crippen LogP contribution in [0.1, 0.15) is 24.1 Å². The van der Waals surface area contributed by atoms with Crippen LogP contribution in [0.15, 0.2) is 30.6 Å². The lowest BCUT2D eigenvalue weighted by molar-refractivity contribution is 0.868. The summed E-state index contributed by atoms with van der Waals surface area (Å²) in [4.78, 5) is 8.27. The van der Waals surface area contributed by atoms with E-state index < -0.39 is 0 Å². The van der Waals surface area contributed by atoms with Gasteiger partial charge in [0.1, 0.15) is 18.0 Å². The Bertz CT molecular complexity index is 573. The average molecular weight is 278 g/mol. The lowest BCUT2D eigenvalue weighted by atomic mass is 10.1. The van der Waals surface area contributed by atoms with Gasteiger partial charge in [0, 0.05) is 10.6 Å². The van der Waals surface area contributed by atoms with E-state index >= 15 is 0 Å². The number of aromatic nitrogens is 2. The molecule has 2 aromatic rings. The van der Waals surface area contributed by atoms with Gasteiger partial charge in [0.25, 0.3) is 0 Å². The van der Waals surface area contributed by atoms with E-state index in [9.17, 15) is 0 Å².